The molecular formula is C40H50N8O9. The molecule has 57 heavy (non-hydrogen) atoms. The lowest BCUT2D eigenvalue weighted by molar-refractivity contribution is -0.136. The van der Waals surface area contributed by atoms with Gasteiger partial charge in [0.15, 0.2) is 0 Å². The van der Waals surface area contributed by atoms with Crippen LogP contribution in [0, 0.1) is 6.92 Å². The van der Waals surface area contributed by atoms with Crippen LogP contribution in [0.25, 0.3) is 0 Å². The molecule has 3 aliphatic rings. The number of rotatable bonds is 19. The van der Waals surface area contributed by atoms with Crippen LogP contribution in [0.5, 0.6) is 5.75 Å². The smallest absolute Gasteiger partial charge is 0.262 e. The van der Waals surface area contributed by atoms with Crippen molar-refractivity contribution >= 4 is 47.0 Å². The van der Waals surface area contributed by atoms with Crippen molar-refractivity contribution in [3.63, 3.8) is 0 Å². The fourth-order valence-electron chi connectivity index (χ4n) is 7.05. The Morgan fingerprint density at radius 1 is 0.930 bits per heavy atom. The number of nitrogens with one attached hydrogen (secondary N) is 3. The number of aryl methyl sites for hydroxylation is 2. The van der Waals surface area contributed by atoms with E-state index in [0.29, 0.717) is 94.1 Å². The van der Waals surface area contributed by atoms with Crippen LogP contribution in [0.1, 0.15) is 61.5 Å². The van der Waals surface area contributed by atoms with Gasteiger partial charge in [0, 0.05) is 70.1 Å². The van der Waals surface area contributed by atoms with Gasteiger partial charge in [0.25, 0.3) is 17.7 Å². The SMILES string of the molecule is CNc1nc(Nc2ccc(C(=O)N3CCN(CCOCCOCCOCCCc4cccc5c4C(=O)N(C4CCC(=O)NC4=O)C5=O)CC3)cc2OC)ncc1C. The quantitative estimate of drug-likeness (QED) is 0.119. The van der Waals surface area contributed by atoms with Crippen molar-refractivity contribution in [3.8, 4) is 5.75 Å². The van der Waals surface area contributed by atoms with Crippen LogP contribution < -0.4 is 20.7 Å². The molecule has 3 aliphatic heterocycles. The van der Waals surface area contributed by atoms with Crippen LogP contribution in [0.15, 0.2) is 42.6 Å². The molecule has 17 heteroatoms. The lowest BCUT2D eigenvalue weighted by Gasteiger charge is -2.34. The van der Waals surface area contributed by atoms with Crippen molar-refractivity contribution in [1.82, 2.24) is 30.0 Å². The van der Waals surface area contributed by atoms with E-state index in [1.807, 2.05) is 17.9 Å². The largest absolute Gasteiger partial charge is 0.495 e. The van der Waals surface area contributed by atoms with Crippen LogP contribution >= 0.6 is 0 Å². The van der Waals surface area contributed by atoms with Crippen molar-refractivity contribution < 1.29 is 42.9 Å². The van der Waals surface area contributed by atoms with Crippen molar-refractivity contribution in [1.29, 1.82) is 0 Å². The first-order valence-corrected chi connectivity index (χ1v) is 19.2. The van der Waals surface area contributed by atoms with Gasteiger partial charge < -0.3 is 34.5 Å². The normalized spacial score (nSPS) is 17.1. The van der Waals surface area contributed by atoms with E-state index in [9.17, 15) is 24.0 Å². The number of piperazine rings is 1. The average molecular weight is 787 g/mol. The number of methoxy groups -OCH3 is 1. The molecule has 5 amide bonds. The number of carbonyl (C=O) groups is 5. The van der Waals surface area contributed by atoms with E-state index < -0.39 is 29.7 Å². The molecule has 0 bridgehead atoms. The zero-order valence-electron chi connectivity index (χ0n) is 32.6. The molecule has 0 saturated carbocycles. The van der Waals surface area contributed by atoms with Gasteiger partial charge in [-0.2, -0.15) is 4.98 Å². The number of aromatic nitrogens is 2. The third-order valence-electron chi connectivity index (χ3n) is 10.1. The second kappa shape index (κ2) is 19.6. The Morgan fingerprint density at radius 3 is 2.39 bits per heavy atom. The maximum absolute atomic E-state index is 13.3. The van der Waals surface area contributed by atoms with E-state index in [0.717, 1.165) is 41.5 Å². The molecule has 6 rings (SSSR count). The minimum Gasteiger partial charge on any atom is -0.495 e. The molecule has 0 aliphatic carbocycles. The first-order valence-electron chi connectivity index (χ1n) is 19.2. The van der Waals surface area contributed by atoms with Crippen molar-refractivity contribution in [3.05, 3.63) is 70.4 Å². The highest BCUT2D eigenvalue weighted by molar-refractivity contribution is 6.24. The monoisotopic (exact) mass is 786 g/mol. The predicted molar refractivity (Wildman–Crippen MR) is 209 cm³/mol. The fraction of sp³-hybridized carbons (Fsp3) is 0.475. The molecule has 1 atom stereocenters. The summed E-state index contributed by atoms with van der Waals surface area (Å²) in [7, 11) is 3.37. The first-order chi connectivity index (χ1) is 27.7. The number of amides is 5. The van der Waals surface area contributed by atoms with Crippen LogP contribution in [0.3, 0.4) is 0 Å². The maximum atomic E-state index is 13.3. The molecule has 2 aromatic carbocycles. The van der Waals surface area contributed by atoms with Crippen LogP contribution in [0.2, 0.25) is 0 Å². The molecule has 1 unspecified atom stereocenters. The summed E-state index contributed by atoms with van der Waals surface area (Å²) in [6, 6.07) is 9.46. The van der Waals surface area contributed by atoms with Crippen molar-refractivity contribution in [2.75, 3.05) is 97.2 Å². The number of anilines is 3. The summed E-state index contributed by atoms with van der Waals surface area (Å²) in [5, 5.41) is 8.44. The standard InChI is InChI=1S/C40H50N8O9/c1-26-25-42-40(45-35(26)41-2)43-30-10-9-28(24-32(30)54-3)37(51)47-15-13-46(14-16-47)17-19-56-21-23-57-22-20-55-18-5-7-27-6-4-8-29-34(27)39(53)48(38(29)52)31-11-12-33(49)44-36(31)50/h4,6,8-10,24-25,31H,5,7,11-23H2,1-3H3,(H,44,49,50)(H2,41,42,43,45). The van der Waals surface area contributed by atoms with Gasteiger partial charge in [-0.1, -0.05) is 12.1 Å². The zero-order valence-corrected chi connectivity index (χ0v) is 32.6. The van der Waals surface area contributed by atoms with Gasteiger partial charge in [-0.15, -0.1) is 0 Å². The van der Waals surface area contributed by atoms with Crippen LogP contribution in [-0.2, 0) is 30.2 Å². The Labute approximate surface area is 331 Å². The van der Waals surface area contributed by atoms with Crippen LogP contribution in [0.4, 0.5) is 17.5 Å². The van der Waals surface area contributed by atoms with E-state index in [2.05, 4.69) is 30.8 Å². The van der Waals surface area contributed by atoms with Gasteiger partial charge >= 0.3 is 0 Å². The van der Waals surface area contributed by atoms with E-state index in [1.54, 1.807) is 50.7 Å². The summed E-state index contributed by atoms with van der Waals surface area (Å²) in [5.41, 5.74) is 3.46. The summed E-state index contributed by atoms with van der Waals surface area (Å²) in [6.07, 6.45) is 3.08. The van der Waals surface area contributed by atoms with Crippen molar-refractivity contribution in [2.45, 2.75) is 38.6 Å². The molecule has 2 saturated heterocycles. The molecular weight excluding hydrogens is 736 g/mol. The topological polar surface area (TPSA) is 194 Å². The minimum absolute atomic E-state index is 0.0467. The number of benzene rings is 2. The number of carbonyl (C=O) groups excluding carboxylic acids is 5. The van der Waals surface area contributed by atoms with Crippen LogP contribution in [-0.4, -0.2) is 147 Å². The second-order valence-electron chi connectivity index (χ2n) is 13.9. The maximum Gasteiger partial charge on any atom is 0.262 e. The Balaban J connectivity index is 0.809. The van der Waals surface area contributed by atoms with Gasteiger partial charge in [-0.3, -0.25) is 39.1 Å². The average Bonchev–Trinajstić information content (AvgIpc) is 3.47. The molecule has 3 aromatic rings. The summed E-state index contributed by atoms with van der Waals surface area (Å²) in [5.74, 6) is -0.423. The molecule has 2 fully saturated rings. The Kier molecular flexibility index (Phi) is 14.1. The third-order valence-corrected chi connectivity index (χ3v) is 10.1. The summed E-state index contributed by atoms with van der Waals surface area (Å²) >= 11 is 0. The number of ether oxygens (including phenoxy) is 4. The fourth-order valence-corrected chi connectivity index (χ4v) is 7.05. The molecule has 0 radical (unpaired) electrons. The molecule has 3 N–H and O–H groups in total. The van der Waals surface area contributed by atoms with Gasteiger partial charge in [0.2, 0.25) is 17.8 Å². The number of hydrogen-bond donors (Lipinski definition) is 3. The Morgan fingerprint density at radius 2 is 1.67 bits per heavy atom. The number of nitrogens with zero attached hydrogens (tertiary/aromatic N) is 5. The summed E-state index contributed by atoms with van der Waals surface area (Å²) in [6.45, 7) is 8.13. The highest BCUT2D eigenvalue weighted by Gasteiger charge is 2.45. The number of piperidine rings is 1. The Hall–Kier alpha value is -5.49. The summed E-state index contributed by atoms with van der Waals surface area (Å²) in [4.78, 5) is 77.4. The van der Waals surface area contributed by atoms with E-state index >= 15 is 0 Å². The molecule has 17 nitrogen and oxygen atoms in total. The highest BCUT2D eigenvalue weighted by atomic mass is 16.5. The van der Waals surface area contributed by atoms with E-state index in [-0.39, 0.29) is 24.3 Å². The summed E-state index contributed by atoms with van der Waals surface area (Å²) < 4.78 is 22.7. The number of imide groups is 2. The van der Waals surface area contributed by atoms with Crippen molar-refractivity contribution in [2.24, 2.45) is 0 Å². The van der Waals surface area contributed by atoms with E-state index in [4.69, 9.17) is 18.9 Å². The van der Waals surface area contributed by atoms with E-state index in [1.165, 1.54) is 0 Å². The molecule has 0 spiro atoms. The first kappa shape index (κ1) is 41.2. The highest BCUT2D eigenvalue weighted by Crippen LogP contribution is 2.31. The molecule has 1 aromatic heterocycles. The minimum atomic E-state index is -0.989. The van der Waals surface area contributed by atoms with Gasteiger partial charge in [0.1, 0.15) is 17.6 Å². The zero-order chi connectivity index (χ0) is 40.3. The lowest BCUT2D eigenvalue weighted by Crippen LogP contribution is -2.54. The second-order valence-corrected chi connectivity index (χ2v) is 13.9. The van der Waals surface area contributed by atoms with Gasteiger partial charge in [-0.05, 0) is 56.0 Å². The van der Waals surface area contributed by atoms with Gasteiger partial charge in [0.05, 0.1) is 57.0 Å². The van der Waals surface area contributed by atoms with Gasteiger partial charge in [-0.25, -0.2) is 4.98 Å². The third kappa shape index (κ3) is 10.1. The predicted octanol–water partition coefficient (Wildman–Crippen LogP) is 2.42. The molecule has 304 valence electrons. The lowest BCUT2D eigenvalue weighted by atomic mass is 9.99. The Bertz CT molecular complexity index is 1950. The number of fused-ring (bicyclic) bond motifs is 1. The molecule has 4 heterocycles. The number of hydrogen-bond acceptors (Lipinski definition) is 14.